The van der Waals surface area contributed by atoms with Crippen LogP contribution in [0.3, 0.4) is 0 Å². The number of rotatable bonds is 6. The molecule has 200 valence electrons. The van der Waals surface area contributed by atoms with E-state index in [0.717, 1.165) is 41.9 Å². The van der Waals surface area contributed by atoms with Crippen LogP contribution in [0.25, 0.3) is 0 Å². The monoisotopic (exact) mass is 546 g/mol. The number of nitrogens with one attached hydrogen (secondary N) is 1. The lowest BCUT2D eigenvalue weighted by Gasteiger charge is -2.40. The van der Waals surface area contributed by atoms with Gasteiger partial charge in [0.05, 0.1) is 17.3 Å². The first-order chi connectivity index (χ1) is 17.8. The topological polar surface area (TPSA) is 76.4 Å². The summed E-state index contributed by atoms with van der Waals surface area (Å²) in [4.78, 5) is 27.9. The van der Waals surface area contributed by atoms with Gasteiger partial charge in [-0.3, -0.25) is 14.5 Å². The van der Waals surface area contributed by atoms with Crippen molar-refractivity contribution >= 4 is 40.5 Å². The lowest BCUT2D eigenvalue weighted by molar-refractivity contribution is -0.140. The van der Waals surface area contributed by atoms with Crippen LogP contribution in [0.4, 0.5) is 28.9 Å². The summed E-state index contributed by atoms with van der Waals surface area (Å²) in [7, 11) is 1.64. The Morgan fingerprint density at radius 2 is 1.79 bits per heavy atom. The minimum atomic E-state index is -5.14. The number of carbonyl (C=O) groups is 2. The van der Waals surface area contributed by atoms with Crippen molar-refractivity contribution in [3.05, 3.63) is 58.9 Å². The van der Waals surface area contributed by atoms with E-state index in [1.165, 1.54) is 11.0 Å². The van der Waals surface area contributed by atoms with Crippen LogP contribution in [0.1, 0.15) is 56.2 Å². The fraction of sp³-hybridized carbons (Fsp3) is 0.407. The first-order valence-electron chi connectivity index (χ1n) is 12.1. The fourth-order valence-electron chi connectivity index (χ4n) is 5.20. The van der Waals surface area contributed by atoms with Crippen molar-refractivity contribution < 1.29 is 27.2 Å². The van der Waals surface area contributed by atoms with Gasteiger partial charge in [0.2, 0.25) is 5.91 Å². The molecular weight excluding hydrogens is 520 g/mol. The molecule has 2 fully saturated rings. The standard InChI is InChI=1S/C27H26F4N4O2S/c1-25(2)23(37)34(19-10-7-17(15-32)20(21(19)28)27(29,30)31)24(38)35(25)18-8-5-16(6-9-18)11-14-26(12-4-13-26)22(36)33-3/h5-10H,4,11-14H2,1-3H3,(H,33,36). The van der Waals surface area contributed by atoms with Gasteiger partial charge in [0.15, 0.2) is 10.9 Å². The highest BCUT2D eigenvalue weighted by Crippen LogP contribution is 2.45. The van der Waals surface area contributed by atoms with Crippen molar-refractivity contribution in [3.63, 3.8) is 0 Å². The second-order valence-electron chi connectivity index (χ2n) is 10.1. The molecule has 4 rings (SSSR count). The zero-order valence-electron chi connectivity index (χ0n) is 21.1. The summed E-state index contributed by atoms with van der Waals surface area (Å²) >= 11 is 5.48. The molecule has 1 aliphatic heterocycles. The fourth-order valence-corrected chi connectivity index (χ4v) is 5.72. The molecule has 1 aliphatic carbocycles. The molecule has 1 saturated carbocycles. The molecule has 11 heteroatoms. The summed E-state index contributed by atoms with van der Waals surface area (Å²) in [6, 6.07) is 10.3. The lowest BCUT2D eigenvalue weighted by atomic mass is 9.65. The van der Waals surface area contributed by atoms with Crippen LogP contribution >= 0.6 is 12.2 Å². The number of halogens is 4. The van der Waals surface area contributed by atoms with Gasteiger partial charge >= 0.3 is 6.18 Å². The second-order valence-corrected chi connectivity index (χ2v) is 10.5. The van der Waals surface area contributed by atoms with E-state index in [4.69, 9.17) is 17.5 Å². The number of alkyl halides is 3. The molecule has 0 aromatic heterocycles. The van der Waals surface area contributed by atoms with E-state index in [-0.39, 0.29) is 16.4 Å². The highest BCUT2D eigenvalue weighted by Gasteiger charge is 2.52. The van der Waals surface area contributed by atoms with E-state index in [2.05, 4.69) is 5.32 Å². The summed E-state index contributed by atoms with van der Waals surface area (Å²) in [6.45, 7) is 3.09. The predicted octanol–water partition coefficient (Wildman–Crippen LogP) is 5.48. The van der Waals surface area contributed by atoms with Gasteiger partial charge in [0, 0.05) is 18.2 Å². The third-order valence-corrected chi connectivity index (χ3v) is 7.91. The number of nitriles is 1. The van der Waals surface area contributed by atoms with Crippen LogP contribution < -0.4 is 15.1 Å². The molecule has 2 aromatic carbocycles. The first kappa shape index (κ1) is 27.5. The molecule has 1 heterocycles. The Balaban J connectivity index is 1.62. The number of anilines is 2. The molecular formula is C27H26F4N4O2S. The van der Waals surface area contributed by atoms with Gasteiger partial charge in [-0.15, -0.1) is 0 Å². The molecule has 38 heavy (non-hydrogen) atoms. The highest BCUT2D eigenvalue weighted by molar-refractivity contribution is 7.81. The van der Waals surface area contributed by atoms with E-state index in [0.29, 0.717) is 18.5 Å². The van der Waals surface area contributed by atoms with Gasteiger partial charge in [-0.2, -0.15) is 18.4 Å². The molecule has 0 radical (unpaired) electrons. The van der Waals surface area contributed by atoms with Gasteiger partial charge in [0.1, 0.15) is 11.1 Å². The molecule has 0 bridgehead atoms. The van der Waals surface area contributed by atoms with Gasteiger partial charge in [0.25, 0.3) is 5.91 Å². The number of amides is 2. The van der Waals surface area contributed by atoms with E-state index in [9.17, 15) is 22.8 Å². The molecule has 2 amide bonds. The lowest BCUT2D eigenvalue weighted by Crippen LogP contribution is -2.44. The normalized spacial score (nSPS) is 18.3. The number of aryl methyl sites for hydroxylation is 1. The third-order valence-electron chi connectivity index (χ3n) is 7.54. The number of benzene rings is 2. The van der Waals surface area contributed by atoms with Crippen molar-refractivity contribution in [2.24, 2.45) is 5.41 Å². The van der Waals surface area contributed by atoms with Crippen molar-refractivity contribution in [2.45, 2.75) is 57.7 Å². The second kappa shape index (κ2) is 9.66. The minimum Gasteiger partial charge on any atom is -0.359 e. The number of nitrogens with zero attached hydrogens (tertiary/aromatic N) is 3. The van der Waals surface area contributed by atoms with Crippen LogP contribution in [0, 0.1) is 22.6 Å². The molecule has 0 atom stereocenters. The average Bonchev–Trinajstić information content (AvgIpc) is 3.01. The van der Waals surface area contributed by atoms with Gasteiger partial charge in [-0.25, -0.2) is 4.39 Å². The number of hydrogen-bond donors (Lipinski definition) is 1. The molecule has 0 spiro atoms. The smallest absolute Gasteiger partial charge is 0.359 e. The van der Waals surface area contributed by atoms with Gasteiger partial charge in [-0.05, 0) is 81.6 Å². The summed E-state index contributed by atoms with van der Waals surface area (Å²) in [5.74, 6) is -2.39. The molecule has 2 aromatic rings. The predicted molar refractivity (Wildman–Crippen MR) is 138 cm³/mol. The Morgan fingerprint density at radius 3 is 2.29 bits per heavy atom. The number of hydrogen-bond acceptors (Lipinski definition) is 4. The van der Waals surface area contributed by atoms with Crippen molar-refractivity contribution in [2.75, 3.05) is 16.8 Å². The van der Waals surface area contributed by atoms with Crippen molar-refractivity contribution in [1.82, 2.24) is 5.32 Å². The minimum absolute atomic E-state index is 0.0480. The zero-order valence-corrected chi connectivity index (χ0v) is 21.9. The maximum absolute atomic E-state index is 15.2. The summed E-state index contributed by atoms with van der Waals surface area (Å²) in [6.07, 6.45) is -1.06. The molecule has 0 unspecified atom stereocenters. The maximum atomic E-state index is 15.2. The Morgan fingerprint density at radius 1 is 1.16 bits per heavy atom. The molecule has 2 aliphatic rings. The maximum Gasteiger partial charge on any atom is 0.420 e. The summed E-state index contributed by atoms with van der Waals surface area (Å²) < 4.78 is 55.8. The van der Waals surface area contributed by atoms with Crippen molar-refractivity contribution in [3.8, 4) is 6.07 Å². The number of thiocarbonyl (C=S) groups is 1. The first-order valence-corrected chi connectivity index (χ1v) is 12.5. The van der Waals surface area contributed by atoms with Crippen molar-refractivity contribution in [1.29, 1.82) is 5.26 Å². The van der Waals surface area contributed by atoms with Crippen LogP contribution in [-0.4, -0.2) is 29.5 Å². The van der Waals surface area contributed by atoms with E-state index < -0.39 is 40.3 Å². The van der Waals surface area contributed by atoms with Crippen LogP contribution in [0.2, 0.25) is 0 Å². The summed E-state index contributed by atoms with van der Waals surface area (Å²) in [5, 5.41) is 11.6. The molecule has 1 saturated heterocycles. The third kappa shape index (κ3) is 4.41. The molecule has 1 N–H and O–H groups in total. The Labute approximate surface area is 223 Å². The van der Waals surface area contributed by atoms with Crippen LogP contribution in [0.15, 0.2) is 36.4 Å². The SMILES string of the molecule is CNC(=O)C1(CCc2ccc(N3C(=S)N(c4ccc(C#N)c(C(F)(F)F)c4F)C(=O)C3(C)C)cc2)CCC1. The zero-order chi connectivity index (χ0) is 28.0. The Hall–Kier alpha value is -3.52. The van der Waals surface area contributed by atoms with Gasteiger partial charge in [-0.1, -0.05) is 18.6 Å². The highest BCUT2D eigenvalue weighted by atomic mass is 32.1. The quantitative estimate of drug-likeness (QED) is 0.384. The Kier molecular flexibility index (Phi) is 6.99. The van der Waals surface area contributed by atoms with Crippen LogP contribution in [-0.2, 0) is 22.2 Å². The van der Waals surface area contributed by atoms with E-state index in [1.807, 2.05) is 12.1 Å². The van der Waals surface area contributed by atoms with Crippen LogP contribution in [0.5, 0.6) is 0 Å². The number of carbonyl (C=O) groups excluding carboxylic acids is 2. The van der Waals surface area contributed by atoms with E-state index in [1.54, 1.807) is 33.0 Å². The Bertz CT molecular complexity index is 1340. The largest absolute Gasteiger partial charge is 0.420 e. The van der Waals surface area contributed by atoms with Gasteiger partial charge < -0.3 is 10.2 Å². The average molecular weight is 547 g/mol. The molecule has 6 nitrogen and oxygen atoms in total. The summed E-state index contributed by atoms with van der Waals surface area (Å²) in [5.41, 5.74) is -3.49. The van der Waals surface area contributed by atoms with E-state index >= 15 is 4.39 Å².